The van der Waals surface area contributed by atoms with Crippen LogP contribution in [0.5, 0.6) is 0 Å². The van der Waals surface area contributed by atoms with Crippen LogP contribution in [0.1, 0.15) is 13.3 Å². The van der Waals surface area contributed by atoms with Gasteiger partial charge in [-0.1, -0.05) is 0 Å². The second-order valence-electron chi connectivity index (χ2n) is 1.59. The van der Waals surface area contributed by atoms with Crippen molar-refractivity contribution >= 4 is 8.25 Å². The minimum absolute atomic E-state index is 0.809. The topological polar surface area (TPSA) is 9.23 Å². The molecule has 0 heterocycles. The molecule has 0 radical (unpaired) electrons. The zero-order valence-electron chi connectivity index (χ0n) is 5.32. The monoisotopic (exact) mass is 324 g/mol. The van der Waals surface area contributed by atoms with Crippen LogP contribution in [0.3, 0.4) is 0 Å². The summed E-state index contributed by atoms with van der Waals surface area (Å²) in [6.07, 6.45) is 1.19. The zero-order chi connectivity index (χ0) is 6.24. The van der Waals surface area contributed by atoms with Gasteiger partial charge in [0.05, 0.1) is 0 Å². The van der Waals surface area contributed by atoms with Gasteiger partial charge in [0, 0.05) is 0 Å². The van der Waals surface area contributed by atoms with Gasteiger partial charge in [-0.2, -0.15) is 0 Å². The van der Waals surface area contributed by atoms with Crippen LogP contribution in [0.25, 0.3) is 0 Å². The molecule has 46 valence electrons. The molecule has 0 aliphatic carbocycles. The zero-order valence-corrected chi connectivity index (χ0v) is 11.6. The van der Waals surface area contributed by atoms with Gasteiger partial charge in [0.15, 0.2) is 0 Å². The standard InChI is InChI=1S/C5H11O.ClH.Hg/c1-3-5-6-4-2;;/h1,3-5H2,2H3;1H;/q;;+1/p-1. The number of hydrogen-bond donors (Lipinski definition) is 0. The van der Waals surface area contributed by atoms with Gasteiger partial charge < -0.3 is 0 Å². The molecule has 0 bridgehead atoms. The fraction of sp³-hybridized carbons (Fsp3) is 1.00. The SMILES string of the molecule is CCOCC[CH2][Hg][Cl]. The van der Waals surface area contributed by atoms with Crippen molar-refractivity contribution in [3.63, 3.8) is 0 Å². The van der Waals surface area contributed by atoms with Crippen LogP contribution in [0.4, 0.5) is 0 Å². The maximum absolute atomic E-state index is 5.65. The van der Waals surface area contributed by atoms with Crippen LogP contribution in [0.2, 0.25) is 3.93 Å². The molecule has 0 amide bonds. The number of hydrogen-bond acceptors (Lipinski definition) is 1. The Morgan fingerprint density at radius 1 is 1.62 bits per heavy atom. The van der Waals surface area contributed by atoms with Crippen molar-refractivity contribution in [2.45, 2.75) is 17.3 Å². The molecule has 3 heteroatoms. The van der Waals surface area contributed by atoms with Crippen LogP contribution >= 0.6 is 8.25 Å². The summed E-state index contributed by atoms with van der Waals surface area (Å²) in [5.74, 6) is 0. The Kier molecular flexibility index (Phi) is 9.40. The molecule has 0 aromatic rings. The normalized spacial score (nSPS) is 8.75. The van der Waals surface area contributed by atoms with E-state index in [4.69, 9.17) is 13.0 Å². The summed E-state index contributed by atoms with van der Waals surface area (Å²) in [5.41, 5.74) is 0. The first-order valence-electron chi connectivity index (χ1n) is 3.05. The van der Waals surface area contributed by atoms with Crippen LogP contribution < -0.4 is 0 Å². The number of ether oxygens (including phenoxy) is 1. The Balaban J connectivity index is 2.53. The van der Waals surface area contributed by atoms with Crippen molar-refractivity contribution in [3.05, 3.63) is 0 Å². The summed E-state index contributed by atoms with van der Waals surface area (Å²) < 4.78 is 6.41. The van der Waals surface area contributed by atoms with Gasteiger partial charge in [-0.05, 0) is 0 Å². The number of halogens is 1. The van der Waals surface area contributed by atoms with Gasteiger partial charge in [-0.25, -0.2) is 0 Å². The predicted molar refractivity (Wildman–Crippen MR) is 31.8 cm³/mol. The molecule has 8 heavy (non-hydrogen) atoms. The molecule has 0 spiro atoms. The molecule has 0 saturated heterocycles. The van der Waals surface area contributed by atoms with E-state index in [0.29, 0.717) is 0 Å². The predicted octanol–water partition coefficient (Wildman–Crippen LogP) is 2.07. The average molecular weight is 323 g/mol. The summed E-state index contributed by atoms with van der Waals surface area (Å²) in [7, 11) is 5.65. The second-order valence-corrected chi connectivity index (χ2v) is 9.13. The van der Waals surface area contributed by atoms with Gasteiger partial charge in [0.2, 0.25) is 0 Å². The quantitative estimate of drug-likeness (QED) is 0.556. The Morgan fingerprint density at radius 3 is 2.88 bits per heavy atom. The third-order valence-corrected chi connectivity index (χ3v) is 6.20. The summed E-state index contributed by atoms with van der Waals surface area (Å²) in [4.78, 5) is 0. The third-order valence-electron chi connectivity index (χ3n) is 0.876. The molecule has 0 fully saturated rings. The van der Waals surface area contributed by atoms with Gasteiger partial charge in [0.1, 0.15) is 0 Å². The van der Waals surface area contributed by atoms with Crippen molar-refractivity contribution in [1.29, 1.82) is 0 Å². The van der Waals surface area contributed by atoms with Crippen molar-refractivity contribution in [2.24, 2.45) is 0 Å². The molecular formula is C5H11ClHgO. The van der Waals surface area contributed by atoms with Gasteiger partial charge >= 0.3 is 66.8 Å². The van der Waals surface area contributed by atoms with Crippen molar-refractivity contribution in [2.75, 3.05) is 13.2 Å². The van der Waals surface area contributed by atoms with Crippen molar-refractivity contribution < 1.29 is 28.1 Å². The fourth-order valence-electron chi connectivity index (χ4n) is 0.443. The number of rotatable bonds is 5. The molecule has 0 aromatic carbocycles. The Labute approximate surface area is 66.6 Å². The molecule has 0 aliphatic heterocycles. The van der Waals surface area contributed by atoms with E-state index in [-0.39, 0.29) is 0 Å². The Bertz CT molecular complexity index is 37.4. The van der Waals surface area contributed by atoms with E-state index in [1.165, 1.54) is 10.4 Å². The van der Waals surface area contributed by atoms with E-state index in [9.17, 15) is 0 Å². The van der Waals surface area contributed by atoms with Crippen LogP contribution in [-0.4, -0.2) is 13.2 Å². The van der Waals surface area contributed by atoms with Gasteiger partial charge in [0.25, 0.3) is 0 Å². The minimum atomic E-state index is -0.809. The molecule has 0 saturated carbocycles. The van der Waals surface area contributed by atoms with Gasteiger partial charge in [-0.15, -0.1) is 0 Å². The first-order valence-corrected chi connectivity index (χ1v) is 13.7. The maximum atomic E-state index is 5.65. The molecule has 0 atom stereocenters. The molecule has 1 nitrogen and oxygen atoms in total. The third kappa shape index (κ3) is 7.19. The van der Waals surface area contributed by atoms with E-state index in [0.717, 1.165) is 13.2 Å². The van der Waals surface area contributed by atoms with E-state index in [1.54, 1.807) is 0 Å². The second kappa shape index (κ2) is 8.19. The summed E-state index contributed by atoms with van der Waals surface area (Å²) in [6.45, 7) is 3.79. The fourth-order valence-corrected chi connectivity index (χ4v) is 3.63. The van der Waals surface area contributed by atoms with E-state index in [1.807, 2.05) is 6.92 Å². The van der Waals surface area contributed by atoms with Crippen LogP contribution in [0, 0.1) is 0 Å². The molecule has 0 aromatic heterocycles. The van der Waals surface area contributed by atoms with Crippen molar-refractivity contribution in [1.82, 2.24) is 0 Å². The van der Waals surface area contributed by atoms with Gasteiger partial charge in [-0.3, -0.25) is 0 Å². The molecule has 0 unspecified atom stereocenters. The summed E-state index contributed by atoms with van der Waals surface area (Å²) in [6, 6.07) is 0. The molecular weight excluding hydrogens is 312 g/mol. The summed E-state index contributed by atoms with van der Waals surface area (Å²) >= 11 is -0.809. The van der Waals surface area contributed by atoms with Crippen LogP contribution in [-0.2, 0) is 28.1 Å². The van der Waals surface area contributed by atoms with Crippen LogP contribution in [0.15, 0.2) is 0 Å². The average Bonchev–Trinajstić information content (AvgIpc) is 1.81. The van der Waals surface area contributed by atoms with E-state index < -0.39 is 23.3 Å². The first-order chi connectivity index (χ1) is 3.91. The summed E-state index contributed by atoms with van der Waals surface area (Å²) in [5, 5.41) is 0. The van der Waals surface area contributed by atoms with E-state index >= 15 is 0 Å². The molecule has 0 rings (SSSR count). The van der Waals surface area contributed by atoms with Crippen molar-refractivity contribution in [3.8, 4) is 0 Å². The first kappa shape index (κ1) is 9.19. The Morgan fingerprint density at radius 2 is 2.38 bits per heavy atom. The molecule has 0 aliphatic rings. The van der Waals surface area contributed by atoms with E-state index in [2.05, 4.69) is 0 Å². The molecule has 0 N–H and O–H groups in total. The Hall–Kier alpha value is 1.19.